The van der Waals surface area contributed by atoms with Gasteiger partial charge in [-0.05, 0) is 0 Å². The number of allylic oxidation sites excluding steroid dienone is 3. The predicted octanol–water partition coefficient (Wildman–Crippen LogP) is 10.4. The number of aliphatic hydroxyl groups is 3. The van der Waals surface area contributed by atoms with E-state index in [1.807, 2.05) is 72.8 Å². The summed E-state index contributed by atoms with van der Waals surface area (Å²) in [6.07, 6.45) is 3.72. The van der Waals surface area contributed by atoms with Crippen molar-refractivity contribution < 1.29 is 46.8 Å². The molecular formula is C45H36FeO6. The van der Waals surface area contributed by atoms with Crippen molar-refractivity contribution in [1.82, 2.24) is 0 Å². The fourth-order valence-electron chi connectivity index (χ4n) is 4.51. The molecular weight excluding hydrogens is 692 g/mol. The Morgan fingerprint density at radius 2 is 0.442 bits per heavy atom. The molecule has 3 N–H and O–H groups in total. The SMILES string of the molecule is O=C(C=C(O)c1ccccc1)c1ccccc1.O=C(C=C(O)c1ccccc1)c1ccccc1.O=C(C=C(O)c1ccccc1)c1ccccc1.[Fe]. The standard InChI is InChI=1S/3C15H12O2.Fe/c3*16-14(12-7-3-1-4-8-12)11-15(17)13-9-5-2-6-10-13;/h3*1-11,16H;. The third-order valence-electron chi connectivity index (χ3n) is 7.19. The number of rotatable bonds is 9. The molecule has 0 aromatic heterocycles. The van der Waals surface area contributed by atoms with Crippen LogP contribution in [0.4, 0.5) is 0 Å². The molecule has 260 valence electrons. The van der Waals surface area contributed by atoms with Gasteiger partial charge in [0.2, 0.25) is 0 Å². The van der Waals surface area contributed by atoms with Gasteiger partial charge in [-0.15, -0.1) is 0 Å². The van der Waals surface area contributed by atoms with Gasteiger partial charge >= 0.3 is 0 Å². The average molecular weight is 729 g/mol. The third-order valence-corrected chi connectivity index (χ3v) is 7.19. The van der Waals surface area contributed by atoms with E-state index in [1.165, 1.54) is 18.2 Å². The summed E-state index contributed by atoms with van der Waals surface area (Å²) in [5, 5.41) is 29.4. The molecule has 0 spiro atoms. The first-order chi connectivity index (χ1) is 24.8. The van der Waals surface area contributed by atoms with E-state index in [0.717, 1.165) is 0 Å². The maximum absolute atomic E-state index is 11.8. The van der Waals surface area contributed by atoms with Crippen LogP contribution >= 0.6 is 0 Å². The van der Waals surface area contributed by atoms with E-state index in [2.05, 4.69) is 0 Å². The van der Waals surface area contributed by atoms with Gasteiger partial charge in [0.1, 0.15) is 17.3 Å². The van der Waals surface area contributed by atoms with Crippen molar-refractivity contribution in [2.45, 2.75) is 0 Å². The number of carbonyl (C=O) groups excluding carboxylic acids is 3. The summed E-state index contributed by atoms with van der Waals surface area (Å²) in [6, 6.07) is 53.6. The molecule has 0 bridgehead atoms. The van der Waals surface area contributed by atoms with Crippen molar-refractivity contribution in [1.29, 1.82) is 0 Å². The summed E-state index contributed by atoms with van der Waals surface area (Å²) in [5.74, 6) is -0.649. The first-order valence-electron chi connectivity index (χ1n) is 16.0. The molecule has 6 aromatic rings. The van der Waals surface area contributed by atoms with E-state index < -0.39 is 0 Å². The normalized spacial score (nSPS) is 11.0. The van der Waals surface area contributed by atoms with E-state index in [1.54, 1.807) is 109 Å². The molecule has 0 aliphatic heterocycles. The summed E-state index contributed by atoms with van der Waals surface area (Å²) in [7, 11) is 0. The topological polar surface area (TPSA) is 112 Å². The minimum absolute atomic E-state index is 0. The van der Waals surface area contributed by atoms with Gasteiger partial charge in [0.05, 0.1) is 0 Å². The van der Waals surface area contributed by atoms with Gasteiger partial charge in [0.25, 0.3) is 0 Å². The zero-order valence-corrected chi connectivity index (χ0v) is 29.1. The van der Waals surface area contributed by atoms with Gasteiger partial charge in [-0.25, -0.2) is 0 Å². The molecule has 7 heteroatoms. The Bertz CT molecular complexity index is 1830. The van der Waals surface area contributed by atoms with Crippen LogP contribution in [0.15, 0.2) is 200 Å². The second-order valence-electron chi connectivity index (χ2n) is 10.9. The maximum Gasteiger partial charge on any atom is 0.189 e. The van der Waals surface area contributed by atoms with Crippen molar-refractivity contribution in [2.75, 3.05) is 0 Å². The van der Waals surface area contributed by atoms with Crippen LogP contribution in [0.3, 0.4) is 0 Å². The Balaban J connectivity index is 0.000000208. The summed E-state index contributed by atoms with van der Waals surface area (Å²) < 4.78 is 0. The molecule has 0 aliphatic rings. The molecule has 0 amide bonds. The zero-order chi connectivity index (χ0) is 36.3. The first-order valence-corrected chi connectivity index (χ1v) is 16.0. The average Bonchev–Trinajstić information content (AvgIpc) is 3.20. The van der Waals surface area contributed by atoms with Crippen LogP contribution in [0, 0.1) is 0 Å². The Kier molecular flexibility index (Phi) is 16.5. The molecule has 6 aromatic carbocycles. The molecule has 0 saturated heterocycles. The Morgan fingerprint density at radius 1 is 0.288 bits per heavy atom. The van der Waals surface area contributed by atoms with Crippen molar-refractivity contribution in [3.63, 3.8) is 0 Å². The molecule has 0 atom stereocenters. The van der Waals surface area contributed by atoms with E-state index in [0.29, 0.717) is 33.4 Å². The third kappa shape index (κ3) is 13.1. The smallest absolute Gasteiger partial charge is 0.189 e. The summed E-state index contributed by atoms with van der Waals surface area (Å²) in [5.41, 5.74) is 3.60. The summed E-state index contributed by atoms with van der Waals surface area (Å²) >= 11 is 0. The number of carbonyl (C=O) groups is 3. The summed E-state index contributed by atoms with van der Waals surface area (Å²) in [6.45, 7) is 0. The number of hydrogen-bond acceptors (Lipinski definition) is 6. The van der Waals surface area contributed by atoms with Gasteiger partial charge in [-0.3, -0.25) is 14.4 Å². The fourth-order valence-corrected chi connectivity index (χ4v) is 4.51. The minimum atomic E-state index is -0.202. The number of aliphatic hydroxyl groups excluding tert-OH is 3. The Hall–Kier alpha value is -6.53. The molecule has 0 saturated carbocycles. The number of ketones is 3. The van der Waals surface area contributed by atoms with Crippen molar-refractivity contribution in [2.24, 2.45) is 0 Å². The van der Waals surface area contributed by atoms with Gasteiger partial charge < -0.3 is 15.3 Å². The predicted molar refractivity (Wildman–Crippen MR) is 203 cm³/mol. The van der Waals surface area contributed by atoms with E-state index >= 15 is 0 Å². The molecule has 0 aliphatic carbocycles. The van der Waals surface area contributed by atoms with E-state index in [-0.39, 0.29) is 51.7 Å². The summed E-state index contributed by atoms with van der Waals surface area (Å²) in [4.78, 5) is 35.4. The molecule has 0 fully saturated rings. The van der Waals surface area contributed by atoms with Crippen LogP contribution in [0.25, 0.3) is 17.3 Å². The van der Waals surface area contributed by atoms with Crippen LogP contribution < -0.4 is 0 Å². The zero-order valence-electron chi connectivity index (χ0n) is 28.0. The second-order valence-corrected chi connectivity index (χ2v) is 10.9. The quantitative estimate of drug-likeness (QED) is 0.0591. The largest absolute Gasteiger partial charge is 0.507 e. The van der Waals surface area contributed by atoms with Crippen LogP contribution in [0.1, 0.15) is 47.8 Å². The van der Waals surface area contributed by atoms with Crippen molar-refractivity contribution in [3.8, 4) is 0 Å². The van der Waals surface area contributed by atoms with Crippen molar-refractivity contribution >= 4 is 34.6 Å². The van der Waals surface area contributed by atoms with Crippen LogP contribution in [0.5, 0.6) is 0 Å². The molecule has 0 heterocycles. The van der Waals surface area contributed by atoms with Crippen LogP contribution in [-0.4, -0.2) is 32.7 Å². The van der Waals surface area contributed by atoms with Crippen LogP contribution in [0.2, 0.25) is 0 Å². The second kappa shape index (κ2) is 21.5. The first kappa shape index (κ1) is 39.9. The van der Waals surface area contributed by atoms with Crippen LogP contribution in [-0.2, 0) is 17.1 Å². The Morgan fingerprint density at radius 3 is 0.615 bits per heavy atom. The number of hydrogen-bond donors (Lipinski definition) is 3. The molecule has 6 nitrogen and oxygen atoms in total. The van der Waals surface area contributed by atoms with E-state index in [4.69, 9.17) is 0 Å². The number of benzene rings is 6. The maximum atomic E-state index is 11.8. The minimum Gasteiger partial charge on any atom is -0.507 e. The van der Waals surface area contributed by atoms with Gasteiger partial charge in [-0.2, -0.15) is 0 Å². The van der Waals surface area contributed by atoms with Gasteiger partial charge in [0.15, 0.2) is 17.3 Å². The molecule has 6 rings (SSSR count). The molecule has 52 heavy (non-hydrogen) atoms. The fraction of sp³-hybridized carbons (Fsp3) is 0. The molecule has 0 unspecified atom stereocenters. The van der Waals surface area contributed by atoms with Crippen molar-refractivity contribution in [3.05, 3.63) is 234 Å². The molecule has 0 radical (unpaired) electrons. The van der Waals surface area contributed by atoms with Gasteiger partial charge in [-0.1, -0.05) is 182 Å². The van der Waals surface area contributed by atoms with Gasteiger partial charge in [0, 0.05) is 68.7 Å². The van der Waals surface area contributed by atoms with E-state index in [9.17, 15) is 29.7 Å². The monoisotopic (exact) mass is 728 g/mol. The Labute approximate surface area is 313 Å².